The number of anilines is 1. The van der Waals surface area contributed by atoms with E-state index >= 15 is 0 Å². The lowest BCUT2D eigenvalue weighted by Gasteiger charge is -2.22. The highest BCUT2D eigenvalue weighted by molar-refractivity contribution is 7.89. The molecule has 3 aromatic carbocycles. The number of carbonyl (C=O) groups is 1. The van der Waals surface area contributed by atoms with Crippen LogP contribution in [0.5, 0.6) is 0 Å². The Morgan fingerprint density at radius 3 is 2.31 bits per heavy atom. The lowest BCUT2D eigenvalue weighted by molar-refractivity contribution is -0.116. The predicted molar refractivity (Wildman–Crippen MR) is 111 cm³/mol. The largest absolute Gasteiger partial charge is 0.325 e. The van der Waals surface area contributed by atoms with Crippen molar-refractivity contribution in [2.45, 2.75) is 11.4 Å². The number of rotatable bonds is 7. The molecule has 1 N–H and O–H groups in total. The molecule has 0 radical (unpaired) electrons. The van der Waals surface area contributed by atoms with Crippen LogP contribution in [0, 0.1) is 5.82 Å². The molecule has 0 atom stereocenters. The first-order valence-electron chi connectivity index (χ1n) is 8.70. The van der Waals surface area contributed by atoms with Gasteiger partial charge in [-0.3, -0.25) is 4.79 Å². The zero-order valence-electron chi connectivity index (χ0n) is 15.3. The van der Waals surface area contributed by atoms with Gasteiger partial charge < -0.3 is 5.32 Å². The number of hydrogen-bond acceptors (Lipinski definition) is 3. The van der Waals surface area contributed by atoms with Gasteiger partial charge in [-0.2, -0.15) is 4.31 Å². The highest BCUT2D eigenvalue weighted by atomic mass is 35.5. The molecular formula is C21H18ClFN2O3S. The summed E-state index contributed by atoms with van der Waals surface area (Å²) in [7, 11) is -4.03. The molecule has 0 heterocycles. The van der Waals surface area contributed by atoms with Crippen LogP contribution >= 0.6 is 11.6 Å². The van der Waals surface area contributed by atoms with Gasteiger partial charge in [-0.15, -0.1) is 0 Å². The van der Waals surface area contributed by atoms with Gasteiger partial charge in [0.2, 0.25) is 15.9 Å². The van der Waals surface area contributed by atoms with E-state index in [0.717, 1.165) is 16.4 Å². The summed E-state index contributed by atoms with van der Waals surface area (Å²) < 4.78 is 40.5. The average molecular weight is 433 g/mol. The molecule has 5 nitrogen and oxygen atoms in total. The molecule has 3 aromatic rings. The third-order valence-corrected chi connectivity index (χ3v) is 6.12. The van der Waals surface area contributed by atoms with Crippen molar-refractivity contribution in [1.82, 2.24) is 4.31 Å². The minimum Gasteiger partial charge on any atom is -0.325 e. The number of hydrogen-bond donors (Lipinski definition) is 1. The number of sulfonamides is 1. The number of amides is 1. The normalized spacial score (nSPS) is 11.4. The third kappa shape index (κ3) is 5.63. The minimum absolute atomic E-state index is 0.0104. The van der Waals surface area contributed by atoms with Crippen molar-refractivity contribution in [2.24, 2.45) is 0 Å². The molecule has 0 aliphatic rings. The SMILES string of the molecule is O=C(CN(Cc1ccccc1)S(=O)(=O)c1ccc(F)cc1)Nc1cccc(Cl)c1. The smallest absolute Gasteiger partial charge is 0.243 e. The zero-order chi connectivity index (χ0) is 20.9. The summed E-state index contributed by atoms with van der Waals surface area (Å²) >= 11 is 5.92. The molecule has 0 unspecified atom stereocenters. The van der Waals surface area contributed by atoms with E-state index in [1.807, 2.05) is 6.07 Å². The molecule has 0 fully saturated rings. The summed E-state index contributed by atoms with van der Waals surface area (Å²) in [6.07, 6.45) is 0. The maximum Gasteiger partial charge on any atom is 0.243 e. The van der Waals surface area contributed by atoms with E-state index in [9.17, 15) is 17.6 Å². The Labute approximate surface area is 173 Å². The van der Waals surface area contributed by atoms with Gasteiger partial charge >= 0.3 is 0 Å². The van der Waals surface area contributed by atoms with E-state index in [0.29, 0.717) is 16.3 Å². The number of nitrogens with one attached hydrogen (secondary N) is 1. The number of nitrogens with zero attached hydrogens (tertiary/aromatic N) is 1. The van der Waals surface area contributed by atoms with Crippen LogP contribution in [0.25, 0.3) is 0 Å². The average Bonchev–Trinajstić information content (AvgIpc) is 2.68. The standard InChI is InChI=1S/C21H18ClFN2O3S/c22-17-7-4-8-19(13-17)24-21(26)15-25(14-16-5-2-1-3-6-16)29(27,28)20-11-9-18(23)10-12-20/h1-13H,14-15H2,(H,24,26). The van der Waals surface area contributed by atoms with Crippen LogP contribution in [-0.4, -0.2) is 25.2 Å². The Morgan fingerprint density at radius 2 is 1.66 bits per heavy atom. The van der Waals surface area contributed by atoms with Gasteiger partial charge in [-0.25, -0.2) is 12.8 Å². The second kappa shape index (κ2) is 9.17. The molecule has 0 aliphatic heterocycles. The molecule has 1 amide bonds. The maximum atomic E-state index is 13.2. The molecule has 0 saturated heterocycles. The predicted octanol–water partition coefficient (Wildman–Crippen LogP) is 4.31. The molecule has 0 bridgehead atoms. The summed E-state index contributed by atoms with van der Waals surface area (Å²) in [5.74, 6) is -1.06. The van der Waals surface area contributed by atoms with E-state index in [1.54, 1.807) is 48.5 Å². The molecule has 3 rings (SSSR count). The van der Waals surface area contributed by atoms with Crippen LogP contribution in [0.3, 0.4) is 0 Å². The Bertz CT molecular complexity index is 1090. The summed E-state index contributed by atoms with van der Waals surface area (Å²) in [5, 5.41) is 3.09. The van der Waals surface area contributed by atoms with Crippen LogP contribution in [-0.2, 0) is 21.4 Å². The second-order valence-electron chi connectivity index (χ2n) is 6.27. The van der Waals surface area contributed by atoms with E-state index in [1.165, 1.54) is 12.1 Å². The van der Waals surface area contributed by atoms with E-state index in [-0.39, 0.29) is 11.4 Å². The van der Waals surface area contributed by atoms with Crippen molar-refractivity contribution in [2.75, 3.05) is 11.9 Å². The van der Waals surface area contributed by atoms with Crippen LogP contribution in [0.2, 0.25) is 5.02 Å². The van der Waals surface area contributed by atoms with Gasteiger partial charge in [0.25, 0.3) is 0 Å². The molecule has 0 aromatic heterocycles. The summed E-state index contributed by atoms with van der Waals surface area (Å²) in [6.45, 7) is -0.426. The van der Waals surface area contributed by atoms with Gasteiger partial charge in [0.15, 0.2) is 0 Å². The molecule has 29 heavy (non-hydrogen) atoms. The highest BCUT2D eigenvalue weighted by Crippen LogP contribution is 2.20. The topological polar surface area (TPSA) is 66.5 Å². The lowest BCUT2D eigenvalue weighted by Crippen LogP contribution is -2.37. The molecule has 8 heteroatoms. The van der Waals surface area contributed by atoms with Crippen molar-refractivity contribution in [3.8, 4) is 0 Å². The second-order valence-corrected chi connectivity index (χ2v) is 8.65. The van der Waals surface area contributed by atoms with E-state index in [4.69, 9.17) is 11.6 Å². The lowest BCUT2D eigenvalue weighted by atomic mass is 10.2. The molecule has 0 spiro atoms. The number of benzene rings is 3. The molecule has 0 saturated carbocycles. The van der Waals surface area contributed by atoms with Crippen LogP contribution in [0.4, 0.5) is 10.1 Å². The summed E-state index contributed by atoms with van der Waals surface area (Å²) in [5.41, 5.74) is 1.18. The minimum atomic E-state index is -4.03. The zero-order valence-corrected chi connectivity index (χ0v) is 16.8. The number of carbonyl (C=O) groups excluding carboxylic acids is 1. The fourth-order valence-corrected chi connectivity index (χ4v) is 4.27. The van der Waals surface area contributed by atoms with Crippen molar-refractivity contribution < 1.29 is 17.6 Å². The first-order chi connectivity index (χ1) is 13.8. The third-order valence-electron chi connectivity index (χ3n) is 4.08. The van der Waals surface area contributed by atoms with E-state index < -0.39 is 28.3 Å². The summed E-state index contributed by atoms with van der Waals surface area (Å²) in [4.78, 5) is 12.4. The van der Waals surface area contributed by atoms with Crippen LogP contribution < -0.4 is 5.32 Å². The number of halogens is 2. The molecule has 0 aliphatic carbocycles. The first kappa shape index (κ1) is 21.0. The maximum absolute atomic E-state index is 13.2. The fourth-order valence-electron chi connectivity index (χ4n) is 2.70. The van der Waals surface area contributed by atoms with Crippen molar-refractivity contribution >= 4 is 33.2 Å². The Balaban J connectivity index is 1.86. The summed E-state index contributed by atoms with van der Waals surface area (Å²) in [6, 6.07) is 20.0. The highest BCUT2D eigenvalue weighted by Gasteiger charge is 2.27. The quantitative estimate of drug-likeness (QED) is 0.605. The fraction of sp³-hybridized carbons (Fsp3) is 0.0952. The van der Waals surface area contributed by atoms with Crippen LogP contribution in [0.15, 0.2) is 83.8 Å². The van der Waals surface area contributed by atoms with Gasteiger partial charge in [0.1, 0.15) is 5.82 Å². The van der Waals surface area contributed by atoms with E-state index in [2.05, 4.69) is 5.32 Å². The van der Waals surface area contributed by atoms with Crippen molar-refractivity contribution in [1.29, 1.82) is 0 Å². The van der Waals surface area contributed by atoms with Crippen molar-refractivity contribution in [3.05, 3.63) is 95.3 Å². The van der Waals surface area contributed by atoms with Gasteiger partial charge in [-0.05, 0) is 48.0 Å². The van der Waals surface area contributed by atoms with Gasteiger partial charge in [0, 0.05) is 17.3 Å². The Morgan fingerprint density at radius 1 is 0.966 bits per heavy atom. The first-order valence-corrected chi connectivity index (χ1v) is 10.5. The Kier molecular flexibility index (Phi) is 6.64. The molecular weight excluding hydrogens is 415 g/mol. The van der Waals surface area contributed by atoms with Gasteiger partial charge in [0.05, 0.1) is 11.4 Å². The monoisotopic (exact) mass is 432 g/mol. The van der Waals surface area contributed by atoms with Crippen LogP contribution in [0.1, 0.15) is 5.56 Å². The van der Waals surface area contributed by atoms with Gasteiger partial charge in [-0.1, -0.05) is 48.0 Å². The molecule has 150 valence electrons. The van der Waals surface area contributed by atoms with Crippen molar-refractivity contribution in [3.63, 3.8) is 0 Å². The Hall–Kier alpha value is -2.74.